The van der Waals surface area contributed by atoms with Crippen molar-refractivity contribution >= 4 is 0 Å². The molecule has 0 aliphatic carbocycles. The van der Waals surface area contributed by atoms with Crippen LogP contribution in [0.25, 0.3) is 67.7 Å². The molecule has 0 N–H and O–H groups in total. The van der Waals surface area contributed by atoms with Crippen LogP contribution in [0, 0.1) is 0 Å². The van der Waals surface area contributed by atoms with Crippen molar-refractivity contribution in [3.8, 4) is 67.7 Å². The van der Waals surface area contributed by atoms with E-state index < -0.39 is 0 Å². The summed E-state index contributed by atoms with van der Waals surface area (Å²) in [4.78, 5) is 23.5. The lowest BCUT2D eigenvalue weighted by Crippen LogP contribution is -2.00. The molecular weight excluding hydrogens is 514 g/mol. The first-order valence-electron chi connectivity index (χ1n) is 13.7. The van der Waals surface area contributed by atoms with Gasteiger partial charge in [-0.05, 0) is 23.3 Å². The highest BCUT2D eigenvalue weighted by molar-refractivity contribution is 5.72. The van der Waals surface area contributed by atoms with Crippen LogP contribution >= 0.6 is 0 Å². The van der Waals surface area contributed by atoms with Gasteiger partial charge in [0, 0.05) is 52.0 Å². The largest absolute Gasteiger partial charge is 0.264 e. The molecule has 5 heteroatoms. The second-order valence-electron chi connectivity index (χ2n) is 9.87. The molecule has 0 fully saturated rings. The minimum absolute atomic E-state index is 0.623. The Hall–Kier alpha value is -5.81. The Balaban J connectivity index is 1.22. The molecule has 7 rings (SSSR count). The highest BCUT2D eigenvalue weighted by Crippen LogP contribution is 2.29. The molecule has 0 unspecified atom stereocenters. The predicted octanol–water partition coefficient (Wildman–Crippen LogP) is 8.66. The summed E-state index contributed by atoms with van der Waals surface area (Å²) in [5.41, 5.74) is 9.10. The van der Waals surface area contributed by atoms with E-state index in [0.717, 1.165) is 44.6 Å². The van der Waals surface area contributed by atoms with Gasteiger partial charge in [0.2, 0.25) is 0 Å². The van der Waals surface area contributed by atoms with Crippen LogP contribution in [-0.2, 0) is 0 Å². The van der Waals surface area contributed by atoms with Gasteiger partial charge >= 0.3 is 0 Å². The van der Waals surface area contributed by atoms with Crippen LogP contribution in [-0.4, -0.2) is 24.9 Å². The summed E-state index contributed by atoms with van der Waals surface area (Å²) in [6.07, 6.45) is 5.50. The zero-order valence-corrected chi connectivity index (χ0v) is 22.7. The van der Waals surface area contributed by atoms with Crippen molar-refractivity contribution in [1.29, 1.82) is 0 Å². The summed E-state index contributed by atoms with van der Waals surface area (Å²) >= 11 is 0. The Morgan fingerprint density at radius 3 is 1.26 bits per heavy atom. The van der Waals surface area contributed by atoms with E-state index in [1.54, 1.807) is 6.20 Å². The molecular formula is C37H25N5. The summed E-state index contributed by atoms with van der Waals surface area (Å²) < 4.78 is 0. The molecule has 198 valence electrons. The first kappa shape index (κ1) is 25.2. The molecule has 0 amide bonds. The quantitative estimate of drug-likeness (QED) is 0.212. The Labute approximate surface area is 244 Å². The number of pyridine rings is 2. The van der Waals surface area contributed by atoms with Crippen molar-refractivity contribution in [2.45, 2.75) is 0 Å². The average molecular weight is 540 g/mol. The third-order valence-corrected chi connectivity index (χ3v) is 7.11. The number of nitrogens with zero attached hydrogens (tertiary/aromatic N) is 5. The smallest absolute Gasteiger partial charge is 0.164 e. The van der Waals surface area contributed by atoms with Gasteiger partial charge in [0.15, 0.2) is 17.5 Å². The van der Waals surface area contributed by atoms with Crippen LogP contribution in [0.1, 0.15) is 0 Å². The summed E-state index contributed by atoms with van der Waals surface area (Å²) in [6.45, 7) is 0. The van der Waals surface area contributed by atoms with Crippen LogP contribution in [0.3, 0.4) is 0 Å². The van der Waals surface area contributed by atoms with E-state index in [1.807, 2.05) is 91.3 Å². The molecule has 0 bridgehead atoms. The molecule has 0 saturated carbocycles. The Kier molecular flexibility index (Phi) is 6.81. The molecule has 0 aliphatic heterocycles. The van der Waals surface area contributed by atoms with Gasteiger partial charge in [-0.3, -0.25) is 9.97 Å². The first-order valence-corrected chi connectivity index (χ1v) is 13.7. The molecule has 0 atom stereocenters. The molecule has 0 saturated heterocycles. The lowest BCUT2D eigenvalue weighted by molar-refractivity contribution is 1.07. The zero-order valence-electron chi connectivity index (χ0n) is 22.7. The van der Waals surface area contributed by atoms with E-state index in [0.29, 0.717) is 17.5 Å². The Bertz CT molecular complexity index is 1920. The van der Waals surface area contributed by atoms with E-state index in [4.69, 9.17) is 19.9 Å². The highest BCUT2D eigenvalue weighted by atomic mass is 15.0. The standard InChI is InChI=1S/C37H25N5/c1-3-8-26(9-4-1)27-13-17-30(18-14-27)36-40-35(29-10-5-2-6-11-29)41-37(42-36)31-19-15-28(16-20-31)34-22-21-33(25-39-34)32-12-7-23-38-24-32/h1-25H. The molecule has 4 aromatic carbocycles. The highest BCUT2D eigenvalue weighted by Gasteiger charge is 2.13. The maximum atomic E-state index is 4.91. The summed E-state index contributed by atoms with van der Waals surface area (Å²) in [5, 5.41) is 0. The molecule has 5 nitrogen and oxygen atoms in total. The summed E-state index contributed by atoms with van der Waals surface area (Å²) in [7, 11) is 0. The minimum Gasteiger partial charge on any atom is -0.264 e. The summed E-state index contributed by atoms with van der Waals surface area (Å²) in [5.74, 6) is 1.90. The number of hydrogen-bond acceptors (Lipinski definition) is 5. The van der Waals surface area contributed by atoms with E-state index in [1.165, 1.54) is 5.56 Å². The van der Waals surface area contributed by atoms with E-state index in [9.17, 15) is 0 Å². The second-order valence-corrected chi connectivity index (χ2v) is 9.87. The Morgan fingerprint density at radius 1 is 0.310 bits per heavy atom. The monoisotopic (exact) mass is 539 g/mol. The third kappa shape index (κ3) is 5.31. The van der Waals surface area contributed by atoms with Gasteiger partial charge in [0.05, 0.1) is 5.69 Å². The number of hydrogen-bond donors (Lipinski definition) is 0. The van der Waals surface area contributed by atoms with Crippen LogP contribution in [0.15, 0.2) is 152 Å². The molecule has 42 heavy (non-hydrogen) atoms. The SMILES string of the molecule is c1ccc(-c2ccc(-c3nc(-c4ccccc4)nc(-c4ccc(-c5ccc(-c6cccnc6)cn5)cc4)n3)cc2)cc1. The zero-order chi connectivity index (χ0) is 28.1. The van der Waals surface area contributed by atoms with Crippen molar-refractivity contribution in [2.24, 2.45) is 0 Å². The second kappa shape index (κ2) is 11.4. The molecule has 3 aromatic heterocycles. The van der Waals surface area contributed by atoms with Gasteiger partial charge in [-0.1, -0.05) is 121 Å². The predicted molar refractivity (Wildman–Crippen MR) is 168 cm³/mol. The van der Waals surface area contributed by atoms with Gasteiger partial charge in [-0.15, -0.1) is 0 Å². The molecule has 3 heterocycles. The van der Waals surface area contributed by atoms with Crippen LogP contribution in [0.5, 0.6) is 0 Å². The fourth-order valence-electron chi connectivity index (χ4n) is 4.85. The molecule has 0 spiro atoms. The first-order chi connectivity index (χ1) is 20.8. The van der Waals surface area contributed by atoms with Crippen LogP contribution in [0.2, 0.25) is 0 Å². The molecule has 7 aromatic rings. The van der Waals surface area contributed by atoms with Gasteiger partial charge < -0.3 is 0 Å². The topological polar surface area (TPSA) is 64.5 Å². The lowest BCUT2D eigenvalue weighted by atomic mass is 10.0. The van der Waals surface area contributed by atoms with Gasteiger partial charge in [0.25, 0.3) is 0 Å². The number of aromatic nitrogens is 5. The van der Waals surface area contributed by atoms with Crippen molar-refractivity contribution in [3.05, 3.63) is 152 Å². The van der Waals surface area contributed by atoms with E-state index in [-0.39, 0.29) is 0 Å². The van der Waals surface area contributed by atoms with E-state index >= 15 is 0 Å². The fourth-order valence-corrected chi connectivity index (χ4v) is 4.85. The van der Waals surface area contributed by atoms with Crippen molar-refractivity contribution in [2.75, 3.05) is 0 Å². The number of benzene rings is 4. The molecule has 0 radical (unpaired) electrons. The average Bonchev–Trinajstić information content (AvgIpc) is 3.09. The van der Waals surface area contributed by atoms with Crippen molar-refractivity contribution < 1.29 is 0 Å². The van der Waals surface area contributed by atoms with Gasteiger partial charge in [-0.2, -0.15) is 0 Å². The van der Waals surface area contributed by atoms with Crippen molar-refractivity contribution in [3.63, 3.8) is 0 Å². The van der Waals surface area contributed by atoms with Crippen molar-refractivity contribution in [1.82, 2.24) is 24.9 Å². The normalized spacial score (nSPS) is 10.9. The van der Waals surface area contributed by atoms with Gasteiger partial charge in [-0.25, -0.2) is 15.0 Å². The van der Waals surface area contributed by atoms with E-state index in [2.05, 4.69) is 59.6 Å². The third-order valence-electron chi connectivity index (χ3n) is 7.11. The van der Waals surface area contributed by atoms with Crippen LogP contribution < -0.4 is 0 Å². The maximum Gasteiger partial charge on any atom is 0.164 e. The molecule has 0 aliphatic rings. The maximum absolute atomic E-state index is 4.91. The minimum atomic E-state index is 0.623. The Morgan fingerprint density at radius 2 is 0.738 bits per heavy atom. The van der Waals surface area contributed by atoms with Gasteiger partial charge in [0.1, 0.15) is 0 Å². The fraction of sp³-hybridized carbons (Fsp3) is 0. The number of rotatable bonds is 6. The lowest BCUT2D eigenvalue weighted by Gasteiger charge is -2.10. The van der Waals surface area contributed by atoms with Crippen LogP contribution in [0.4, 0.5) is 0 Å². The summed E-state index contributed by atoms with van der Waals surface area (Å²) in [6, 6.07) is 45.0.